The van der Waals surface area contributed by atoms with E-state index < -0.39 is 0 Å². The molecule has 0 aliphatic heterocycles. The highest BCUT2D eigenvalue weighted by molar-refractivity contribution is 6.05. The molecule has 0 radical (unpaired) electrons. The van der Waals surface area contributed by atoms with Crippen molar-refractivity contribution in [2.45, 2.75) is 0 Å². The minimum atomic E-state index is 0.602. The van der Waals surface area contributed by atoms with E-state index in [9.17, 15) is 0 Å². The minimum absolute atomic E-state index is 0.602. The van der Waals surface area contributed by atoms with E-state index in [0.717, 1.165) is 89.1 Å². The zero-order chi connectivity index (χ0) is 33.0. The van der Waals surface area contributed by atoms with Gasteiger partial charge in [0.15, 0.2) is 5.58 Å². The van der Waals surface area contributed by atoms with Crippen LogP contribution >= 0.6 is 0 Å². The standard InChI is InChI=1S/C45H28N2O3/c1-4-10-40-33(7-1)28-43(48-40)30-15-22-35(23-16-30)47(36-24-17-31(18-25-36)45-46-39-9-3-6-12-42(39)50-45)34-20-13-29(14-21-34)32-19-26-38-37-8-2-5-11-41(37)49-44(38)27-32/h1-28H. The summed E-state index contributed by atoms with van der Waals surface area (Å²) >= 11 is 0. The molecular formula is C45H28N2O3. The lowest BCUT2D eigenvalue weighted by Gasteiger charge is -2.26. The number of nitrogens with zero attached hydrogens (tertiary/aromatic N) is 2. The first-order valence-corrected chi connectivity index (χ1v) is 16.6. The summed E-state index contributed by atoms with van der Waals surface area (Å²) in [5, 5.41) is 3.35. The van der Waals surface area contributed by atoms with Crippen LogP contribution in [-0.4, -0.2) is 4.98 Å². The van der Waals surface area contributed by atoms with Crippen molar-refractivity contribution < 1.29 is 13.3 Å². The van der Waals surface area contributed by atoms with Crippen molar-refractivity contribution >= 4 is 61.1 Å². The third-order valence-electron chi connectivity index (χ3n) is 9.34. The van der Waals surface area contributed by atoms with Crippen LogP contribution in [0, 0.1) is 0 Å². The maximum atomic E-state index is 6.18. The Labute approximate surface area is 287 Å². The number of oxazole rings is 1. The van der Waals surface area contributed by atoms with Crippen molar-refractivity contribution in [2.24, 2.45) is 0 Å². The van der Waals surface area contributed by atoms with Crippen LogP contribution in [0.15, 0.2) is 183 Å². The van der Waals surface area contributed by atoms with Crippen molar-refractivity contribution in [3.05, 3.63) is 170 Å². The minimum Gasteiger partial charge on any atom is -0.456 e. The van der Waals surface area contributed by atoms with Gasteiger partial charge in [0, 0.05) is 44.3 Å². The van der Waals surface area contributed by atoms with E-state index in [0.29, 0.717) is 5.89 Å². The molecule has 5 nitrogen and oxygen atoms in total. The number of rotatable bonds is 6. The Morgan fingerprint density at radius 1 is 0.380 bits per heavy atom. The molecule has 7 aromatic carbocycles. The van der Waals surface area contributed by atoms with Gasteiger partial charge >= 0.3 is 0 Å². The van der Waals surface area contributed by atoms with E-state index in [1.807, 2.05) is 60.7 Å². The molecule has 0 aliphatic rings. The molecule has 10 rings (SSSR count). The molecule has 5 heteroatoms. The van der Waals surface area contributed by atoms with Gasteiger partial charge in [-0.15, -0.1) is 0 Å². The van der Waals surface area contributed by atoms with E-state index in [1.165, 1.54) is 0 Å². The molecule has 0 saturated carbocycles. The number of para-hydroxylation sites is 4. The van der Waals surface area contributed by atoms with Gasteiger partial charge in [-0.1, -0.05) is 66.7 Å². The van der Waals surface area contributed by atoms with Crippen LogP contribution in [-0.2, 0) is 0 Å². The van der Waals surface area contributed by atoms with Crippen molar-refractivity contribution in [1.82, 2.24) is 4.98 Å². The molecule has 3 aromatic heterocycles. The summed E-state index contributed by atoms with van der Waals surface area (Å²) in [5.74, 6) is 1.45. The van der Waals surface area contributed by atoms with Gasteiger partial charge in [-0.3, -0.25) is 0 Å². The maximum absolute atomic E-state index is 6.18. The second-order valence-corrected chi connectivity index (χ2v) is 12.4. The van der Waals surface area contributed by atoms with Gasteiger partial charge in [0.2, 0.25) is 5.89 Å². The first kappa shape index (κ1) is 28.2. The second kappa shape index (κ2) is 11.4. The van der Waals surface area contributed by atoms with E-state index in [-0.39, 0.29) is 0 Å². The van der Waals surface area contributed by atoms with Gasteiger partial charge in [0.05, 0.1) is 0 Å². The molecular weight excluding hydrogens is 617 g/mol. The lowest BCUT2D eigenvalue weighted by molar-refractivity contribution is 0.620. The first-order valence-electron chi connectivity index (χ1n) is 16.6. The molecule has 0 fully saturated rings. The fourth-order valence-corrected chi connectivity index (χ4v) is 6.80. The molecule has 50 heavy (non-hydrogen) atoms. The van der Waals surface area contributed by atoms with Gasteiger partial charge in [-0.25, -0.2) is 4.98 Å². The number of hydrogen-bond donors (Lipinski definition) is 0. The summed E-state index contributed by atoms with van der Waals surface area (Å²) in [6.07, 6.45) is 0. The summed E-state index contributed by atoms with van der Waals surface area (Å²) in [4.78, 5) is 6.96. The Morgan fingerprint density at radius 3 is 1.68 bits per heavy atom. The Balaban J connectivity index is 1.02. The van der Waals surface area contributed by atoms with Gasteiger partial charge in [0.25, 0.3) is 0 Å². The van der Waals surface area contributed by atoms with Crippen LogP contribution < -0.4 is 4.90 Å². The highest BCUT2D eigenvalue weighted by atomic mass is 16.3. The summed E-state index contributed by atoms with van der Waals surface area (Å²) in [6, 6.07) is 58.2. The first-order chi connectivity index (χ1) is 24.7. The van der Waals surface area contributed by atoms with Crippen molar-refractivity contribution in [1.29, 1.82) is 0 Å². The molecule has 0 spiro atoms. The van der Waals surface area contributed by atoms with E-state index in [1.54, 1.807) is 0 Å². The average Bonchev–Trinajstić information content (AvgIpc) is 3.91. The maximum Gasteiger partial charge on any atom is 0.227 e. The van der Waals surface area contributed by atoms with Crippen LogP contribution in [0.5, 0.6) is 0 Å². The molecule has 0 amide bonds. The number of benzene rings is 7. The number of anilines is 3. The summed E-state index contributed by atoms with van der Waals surface area (Å²) in [5.41, 5.74) is 11.5. The predicted octanol–water partition coefficient (Wildman–Crippen LogP) is 12.9. The molecule has 0 unspecified atom stereocenters. The fourth-order valence-electron chi connectivity index (χ4n) is 6.80. The highest BCUT2D eigenvalue weighted by Crippen LogP contribution is 2.39. The molecule has 10 aromatic rings. The molecule has 0 atom stereocenters. The van der Waals surface area contributed by atoms with Crippen LogP contribution in [0.4, 0.5) is 17.1 Å². The SMILES string of the molecule is c1ccc2oc(-c3ccc(N(c4ccc(-c5ccc6c(c5)oc5ccccc56)cc4)c4ccc(-c5nc6ccccc6o5)cc4)cc3)cc2c1. The lowest BCUT2D eigenvalue weighted by atomic mass is 10.0. The smallest absolute Gasteiger partial charge is 0.227 e. The highest BCUT2D eigenvalue weighted by Gasteiger charge is 2.16. The average molecular weight is 645 g/mol. The Morgan fingerprint density at radius 2 is 0.960 bits per heavy atom. The number of hydrogen-bond acceptors (Lipinski definition) is 5. The fraction of sp³-hybridized carbons (Fsp3) is 0. The van der Waals surface area contributed by atoms with Gasteiger partial charge in [-0.2, -0.15) is 0 Å². The number of fused-ring (bicyclic) bond motifs is 5. The zero-order valence-electron chi connectivity index (χ0n) is 26.8. The van der Waals surface area contributed by atoms with Gasteiger partial charge in [0.1, 0.15) is 28.0 Å². The zero-order valence-corrected chi connectivity index (χ0v) is 26.8. The van der Waals surface area contributed by atoms with Crippen molar-refractivity contribution in [3.63, 3.8) is 0 Å². The van der Waals surface area contributed by atoms with E-state index in [4.69, 9.17) is 18.2 Å². The Bertz CT molecular complexity index is 2620. The molecule has 0 aliphatic carbocycles. The van der Waals surface area contributed by atoms with E-state index in [2.05, 4.69) is 114 Å². The Kier molecular flexibility index (Phi) is 6.42. The van der Waals surface area contributed by atoms with Crippen molar-refractivity contribution in [2.75, 3.05) is 4.90 Å². The Hall–Kier alpha value is -6.85. The predicted molar refractivity (Wildman–Crippen MR) is 202 cm³/mol. The topological polar surface area (TPSA) is 55.6 Å². The summed E-state index contributed by atoms with van der Waals surface area (Å²) < 4.78 is 18.4. The molecule has 3 heterocycles. The monoisotopic (exact) mass is 644 g/mol. The normalized spacial score (nSPS) is 11.6. The largest absolute Gasteiger partial charge is 0.456 e. The van der Waals surface area contributed by atoms with Crippen LogP contribution in [0.2, 0.25) is 0 Å². The van der Waals surface area contributed by atoms with Gasteiger partial charge in [-0.05, 0) is 114 Å². The van der Waals surface area contributed by atoms with Crippen LogP contribution in [0.1, 0.15) is 0 Å². The summed E-state index contributed by atoms with van der Waals surface area (Å²) in [6.45, 7) is 0. The number of furan rings is 2. The summed E-state index contributed by atoms with van der Waals surface area (Å²) in [7, 11) is 0. The van der Waals surface area contributed by atoms with Crippen molar-refractivity contribution in [3.8, 4) is 33.9 Å². The lowest BCUT2D eigenvalue weighted by Crippen LogP contribution is -2.09. The van der Waals surface area contributed by atoms with E-state index >= 15 is 0 Å². The molecule has 0 bridgehead atoms. The van der Waals surface area contributed by atoms with Crippen LogP contribution in [0.25, 0.3) is 77.9 Å². The molecule has 236 valence electrons. The van der Waals surface area contributed by atoms with Crippen LogP contribution in [0.3, 0.4) is 0 Å². The molecule has 0 saturated heterocycles. The molecule has 0 N–H and O–H groups in total. The second-order valence-electron chi connectivity index (χ2n) is 12.4. The quantitative estimate of drug-likeness (QED) is 0.180. The van der Waals surface area contributed by atoms with Gasteiger partial charge < -0.3 is 18.2 Å². The third-order valence-corrected chi connectivity index (χ3v) is 9.34. The number of aromatic nitrogens is 1. The third kappa shape index (κ3) is 4.83.